The third-order valence-electron chi connectivity index (χ3n) is 3.63. The molecule has 0 amide bonds. The first-order valence-electron chi connectivity index (χ1n) is 6.63. The number of carbonyl (C=O) groups excluding carboxylic acids is 1. The third kappa shape index (κ3) is 3.07. The summed E-state index contributed by atoms with van der Waals surface area (Å²) in [5.41, 5.74) is 0. The normalized spacial score (nSPS) is 27.1. The topological polar surface area (TPSA) is 79.0 Å². The molecule has 1 unspecified atom stereocenters. The number of carbonyl (C=O) groups is 1. The average Bonchev–Trinajstić information content (AvgIpc) is 2.47. The summed E-state index contributed by atoms with van der Waals surface area (Å²) in [6.07, 6.45) is 2.18. The van der Waals surface area contributed by atoms with Gasteiger partial charge >= 0.3 is 5.97 Å². The summed E-state index contributed by atoms with van der Waals surface area (Å²) in [6, 6.07) is -0.668. The molecule has 2 aliphatic heterocycles. The van der Waals surface area contributed by atoms with E-state index in [1.54, 1.807) is 0 Å². The number of esters is 1. The molecule has 19 heavy (non-hydrogen) atoms. The zero-order chi connectivity index (χ0) is 13.9. The zero-order valence-electron chi connectivity index (χ0n) is 11.2. The highest BCUT2D eigenvalue weighted by molar-refractivity contribution is 7.86. The molecule has 1 atom stereocenters. The van der Waals surface area contributed by atoms with Crippen LogP contribution >= 0.6 is 0 Å². The van der Waals surface area contributed by atoms with E-state index >= 15 is 0 Å². The molecule has 0 aromatic heterocycles. The molecule has 0 aliphatic carbocycles. The molecule has 0 spiro atoms. The summed E-state index contributed by atoms with van der Waals surface area (Å²) in [4.78, 5) is 11.7. The van der Waals surface area contributed by atoms with Gasteiger partial charge in [0.15, 0.2) is 0 Å². The summed E-state index contributed by atoms with van der Waals surface area (Å²) in [6.45, 7) is 2.59. The quantitative estimate of drug-likeness (QED) is 0.686. The summed E-state index contributed by atoms with van der Waals surface area (Å²) in [7, 11) is -2.27. The van der Waals surface area contributed by atoms with Crippen LogP contribution in [0.15, 0.2) is 0 Å². The van der Waals surface area contributed by atoms with E-state index in [4.69, 9.17) is 4.74 Å². The lowest BCUT2D eigenvalue weighted by Gasteiger charge is -2.37. The fourth-order valence-electron chi connectivity index (χ4n) is 2.58. The molecule has 2 aliphatic rings. The first kappa shape index (κ1) is 14.7. The molecule has 0 aromatic rings. The van der Waals surface area contributed by atoms with E-state index < -0.39 is 22.2 Å². The van der Waals surface area contributed by atoms with Gasteiger partial charge in [0.1, 0.15) is 6.04 Å². The van der Waals surface area contributed by atoms with Crippen LogP contribution in [0.5, 0.6) is 0 Å². The van der Waals surface area contributed by atoms with Crippen LogP contribution in [0.2, 0.25) is 0 Å². The van der Waals surface area contributed by atoms with E-state index in [0.717, 1.165) is 12.8 Å². The number of nitrogens with zero attached hydrogens (tertiary/aromatic N) is 2. The highest BCUT2D eigenvalue weighted by Crippen LogP contribution is 2.23. The van der Waals surface area contributed by atoms with Gasteiger partial charge in [-0.2, -0.15) is 17.0 Å². The molecule has 2 heterocycles. The van der Waals surface area contributed by atoms with Crippen LogP contribution in [0.4, 0.5) is 0 Å². The van der Waals surface area contributed by atoms with Crippen LogP contribution < -0.4 is 5.32 Å². The van der Waals surface area contributed by atoms with Gasteiger partial charge in [0, 0.05) is 32.7 Å². The number of piperazine rings is 1. The maximum atomic E-state index is 12.6. The van der Waals surface area contributed by atoms with E-state index in [-0.39, 0.29) is 0 Å². The van der Waals surface area contributed by atoms with Crippen molar-refractivity contribution >= 4 is 16.2 Å². The second-order valence-electron chi connectivity index (χ2n) is 4.80. The minimum Gasteiger partial charge on any atom is -0.468 e. The number of methoxy groups -OCH3 is 1. The smallest absolute Gasteiger partial charge is 0.324 e. The standard InChI is InChI=1S/C11H21N3O4S/c1-18-11(15)10-4-2-3-7-14(10)19(16,17)13-8-5-12-6-9-13/h10,12H,2-9H2,1H3. The average molecular weight is 291 g/mol. The van der Waals surface area contributed by atoms with Gasteiger partial charge in [0.05, 0.1) is 7.11 Å². The van der Waals surface area contributed by atoms with Crippen molar-refractivity contribution in [2.45, 2.75) is 25.3 Å². The molecular formula is C11H21N3O4S. The number of rotatable bonds is 3. The molecule has 2 saturated heterocycles. The highest BCUT2D eigenvalue weighted by Gasteiger charge is 2.40. The predicted molar refractivity (Wildman–Crippen MR) is 69.7 cm³/mol. The van der Waals surface area contributed by atoms with Crippen molar-refractivity contribution in [1.29, 1.82) is 0 Å². The first-order valence-corrected chi connectivity index (χ1v) is 8.02. The minimum absolute atomic E-state index is 0.395. The molecule has 2 fully saturated rings. The lowest BCUT2D eigenvalue weighted by Crippen LogP contribution is -2.57. The van der Waals surface area contributed by atoms with Crippen molar-refractivity contribution in [3.05, 3.63) is 0 Å². The Labute approximate surface area is 114 Å². The zero-order valence-corrected chi connectivity index (χ0v) is 12.0. The molecule has 0 saturated carbocycles. The number of ether oxygens (including phenoxy) is 1. The Kier molecular flexibility index (Phi) is 4.77. The van der Waals surface area contributed by atoms with Gasteiger partial charge in [-0.25, -0.2) is 0 Å². The van der Waals surface area contributed by atoms with E-state index in [2.05, 4.69) is 5.32 Å². The van der Waals surface area contributed by atoms with Crippen LogP contribution in [0, 0.1) is 0 Å². The van der Waals surface area contributed by atoms with Gasteiger partial charge in [-0.3, -0.25) is 4.79 Å². The Morgan fingerprint density at radius 3 is 2.53 bits per heavy atom. The molecular weight excluding hydrogens is 270 g/mol. The van der Waals surface area contributed by atoms with E-state index in [9.17, 15) is 13.2 Å². The molecule has 0 bridgehead atoms. The molecule has 2 rings (SSSR count). The monoisotopic (exact) mass is 291 g/mol. The minimum atomic E-state index is -3.56. The van der Waals surface area contributed by atoms with Crippen LogP contribution in [-0.4, -0.2) is 68.9 Å². The van der Waals surface area contributed by atoms with Crippen molar-refractivity contribution in [2.24, 2.45) is 0 Å². The van der Waals surface area contributed by atoms with Crippen molar-refractivity contribution in [3.63, 3.8) is 0 Å². The number of nitrogens with one attached hydrogen (secondary N) is 1. The molecule has 1 N–H and O–H groups in total. The Morgan fingerprint density at radius 2 is 1.89 bits per heavy atom. The van der Waals surface area contributed by atoms with Crippen LogP contribution in [0.25, 0.3) is 0 Å². The molecule has 0 aromatic carbocycles. The Hall–Kier alpha value is -0.700. The molecule has 0 radical (unpaired) electrons. The Morgan fingerprint density at radius 1 is 1.21 bits per heavy atom. The van der Waals surface area contributed by atoms with Crippen molar-refractivity contribution in [1.82, 2.24) is 13.9 Å². The van der Waals surface area contributed by atoms with Crippen LogP contribution in [0.1, 0.15) is 19.3 Å². The van der Waals surface area contributed by atoms with Gasteiger partial charge in [0.2, 0.25) is 0 Å². The number of hydrogen-bond donors (Lipinski definition) is 1. The predicted octanol–water partition coefficient (Wildman–Crippen LogP) is -0.836. The van der Waals surface area contributed by atoms with Gasteiger partial charge in [-0.1, -0.05) is 0 Å². The fourth-order valence-corrected chi connectivity index (χ4v) is 4.39. The maximum absolute atomic E-state index is 12.6. The van der Waals surface area contributed by atoms with E-state index in [1.165, 1.54) is 15.7 Å². The van der Waals surface area contributed by atoms with Gasteiger partial charge in [0.25, 0.3) is 10.2 Å². The third-order valence-corrected chi connectivity index (χ3v) is 5.67. The highest BCUT2D eigenvalue weighted by atomic mass is 32.2. The summed E-state index contributed by atoms with van der Waals surface area (Å²) < 4.78 is 32.7. The number of hydrogen-bond acceptors (Lipinski definition) is 5. The maximum Gasteiger partial charge on any atom is 0.324 e. The first-order chi connectivity index (χ1) is 9.07. The van der Waals surface area contributed by atoms with Crippen LogP contribution in [-0.2, 0) is 19.7 Å². The number of piperidine rings is 1. The lowest BCUT2D eigenvalue weighted by atomic mass is 10.1. The van der Waals surface area contributed by atoms with Gasteiger partial charge in [-0.05, 0) is 19.3 Å². The summed E-state index contributed by atoms with van der Waals surface area (Å²) in [5, 5.41) is 3.12. The van der Waals surface area contributed by atoms with E-state index in [0.29, 0.717) is 39.1 Å². The Bertz CT molecular complexity index is 420. The SMILES string of the molecule is COC(=O)C1CCCCN1S(=O)(=O)N1CCNCC1. The van der Waals surface area contributed by atoms with Crippen LogP contribution in [0.3, 0.4) is 0 Å². The molecule has 110 valence electrons. The summed E-state index contributed by atoms with van der Waals surface area (Å²) in [5.74, 6) is -0.460. The van der Waals surface area contributed by atoms with Gasteiger partial charge in [-0.15, -0.1) is 0 Å². The largest absolute Gasteiger partial charge is 0.468 e. The van der Waals surface area contributed by atoms with E-state index in [1.807, 2.05) is 0 Å². The van der Waals surface area contributed by atoms with Crippen molar-refractivity contribution < 1.29 is 17.9 Å². The second kappa shape index (κ2) is 6.17. The Balaban J connectivity index is 2.18. The fraction of sp³-hybridized carbons (Fsp3) is 0.909. The summed E-state index contributed by atoms with van der Waals surface area (Å²) >= 11 is 0. The van der Waals surface area contributed by atoms with Gasteiger partial charge < -0.3 is 10.1 Å². The molecule has 8 heteroatoms. The lowest BCUT2D eigenvalue weighted by molar-refractivity contribution is -0.146. The van der Waals surface area contributed by atoms with Crippen molar-refractivity contribution in [3.8, 4) is 0 Å². The van der Waals surface area contributed by atoms with Crippen molar-refractivity contribution in [2.75, 3.05) is 39.8 Å². The second-order valence-corrected chi connectivity index (χ2v) is 6.68. The molecule has 7 nitrogen and oxygen atoms in total.